The Balaban J connectivity index is 2.35. The molecule has 1 nitrogen and oxygen atoms in total. The second-order valence-electron chi connectivity index (χ2n) is 5.69. The van der Waals surface area contributed by atoms with E-state index in [2.05, 4.69) is 44.3 Å². The van der Waals surface area contributed by atoms with Gasteiger partial charge in [0.25, 0.3) is 0 Å². The average Bonchev–Trinajstić information content (AvgIpc) is 2.41. The number of hydrogen-bond donors (Lipinski definition) is 1. The standard InChI is InChI=1S/C19H24FN/c1-5-21-18(19-13(2)7-6-8-14(19)3)12-16-9-10-17(20)11-15(16)4/h6-11,18,21H,5,12H2,1-4H3. The molecule has 0 spiro atoms. The molecule has 112 valence electrons. The fourth-order valence-electron chi connectivity index (χ4n) is 3.01. The van der Waals surface area contributed by atoms with Crippen molar-refractivity contribution in [3.63, 3.8) is 0 Å². The van der Waals surface area contributed by atoms with E-state index in [-0.39, 0.29) is 11.9 Å². The summed E-state index contributed by atoms with van der Waals surface area (Å²) in [6.07, 6.45) is 0.881. The van der Waals surface area contributed by atoms with Gasteiger partial charge in [0.15, 0.2) is 0 Å². The van der Waals surface area contributed by atoms with Crippen molar-refractivity contribution in [1.82, 2.24) is 5.32 Å². The highest BCUT2D eigenvalue weighted by molar-refractivity contribution is 5.38. The third-order valence-corrected chi connectivity index (χ3v) is 4.07. The van der Waals surface area contributed by atoms with Crippen molar-refractivity contribution in [3.8, 4) is 0 Å². The molecular formula is C19H24FN. The highest BCUT2D eigenvalue weighted by Gasteiger charge is 2.16. The summed E-state index contributed by atoms with van der Waals surface area (Å²) in [6, 6.07) is 11.7. The van der Waals surface area contributed by atoms with Crippen molar-refractivity contribution >= 4 is 0 Å². The molecule has 1 unspecified atom stereocenters. The Labute approximate surface area is 127 Å². The number of benzene rings is 2. The molecule has 0 aliphatic heterocycles. The lowest BCUT2D eigenvalue weighted by atomic mass is 9.90. The van der Waals surface area contributed by atoms with Crippen LogP contribution in [-0.2, 0) is 6.42 Å². The Hall–Kier alpha value is -1.67. The summed E-state index contributed by atoms with van der Waals surface area (Å²) in [7, 11) is 0. The van der Waals surface area contributed by atoms with Crippen molar-refractivity contribution in [2.75, 3.05) is 6.54 Å². The zero-order chi connectivity index (χ0) is 15.4. The molecule has 2 heteroatoms. The highest BCUT2D eigenvalue weighted by atomic mass is 19.1. The maximum atomic E-state index is 13.3. The second kappa shape index (κ2) is 6.86. The molecule has 0 amide bonds. The van der Waals surface area contributed by atoms with Gasteiger partial charge < -0.3 is 5.32 Å². The third kappa shape index (κ3) is 3.70. The Kier molecular flexibility index (Phi) is 5.13. The minimum absolute atomic E-state index is 0.164. The van der Waals surface area contributed by atoms with Crippen LogP contribution in [0, 0.1) is 26.6 Å². The molecule has 0 saturated carbocycles. The van der Waals surface area contributed by atoms with Crippen LogP contribution >= 0.6 is 0 Å². The molecule has 0 saturated heterocycles. The largest absolute Gasteiger partial charge is 0.310 e. The highest BCUT2D eigenvalue weighted by Crippen LogP contribution is 2.26. The number of hydrogen-bond acceptors (Lipinski definition) is 1. The van der Waals surface area contributed by atoms with Crippen LogP contribution in [0.1, 0.15) is 40.8 Å². The summed E-state index contributed by atoms with van der Waals surface area (Å²) in [5, 5.41) is 3.58. The van der Waals surface area contributed by atoms with Gasteiger partial charge in [-0.05, 0) is 73.7 Å². The fourth-order valence-corrected chi connectivity index (χ4v) is 3.01. The molecule has 21 heavy (non-hydrogen) atoms. The number of nitrogens with one attached hydrogen (secondary N) is 1. The van der Waals surface area contributed by atoms with E-state index in [4.69, 9.17) is 0 Å². The van der Waals surface area contributed by atoms with Gasteiger partial charge in [-0.2, -0.15) is 0 Å². The Bertz CT molecular complexity index is 599. The first kappa shape index (κ1) is 15.7. The summed E-state index contributed by atoms with van der Waals surface area (Å²) >= 11 is 0. The van der Waals surface area contributed by atoms with Crippen molar-refractivity contribution in [2.45, 2.75) is 40.2 Å². The van der Waals surface area contributed by atoms with Crippen LogP contribution in [-0.4, -0.2) is 6.54 Å². The lowest BCUT2D eigenvalue weighted by Gasteiger charge is -2.23. The molecule has 2 rings (SSSR count). The van der Waals surface area contributed by atoms with Gasteiger partial charge >= 0.3 is 0 Å². The van der Waals surface area contributed by atoms with Gasteiger partial charge in [0.1, 0.15) is 5.82 Å². The maximum Gasteiger partial charge on any atom is 0.123 e. The minimum atomic E-state index is -0.164. The van der Waals surface area contributed by atoms with Gasteiger partial charge in [0.05, 0.1) is 0 Å². The minimum Gasteiger partial charge on any atom is -0.310 e. The lowest BCUT2D eigenvalue weighted by Crippen LogP contribution is -2.25. The smallest absolute Gasteiger partial charge is 0.123 e. The van der Waals surface area contributed by atoms with E-state index in [0.29, 0.717) is 0 Å². The summed E-state index contributed by atoms with van der Waals surface area (Å²) in [6.45, 7) is 9.33. The first-order valence-electron chi connectivity index (χ1n) is 7.57. The summed E-state index contributed by atoms with van der Waals surface area (Å²) < 4.78 is 13.3. The van der Waals surface area contributed by atoms with E-state index in [0.717, 1.165) is 18.5 Å². The molecule has 1 N–H and O–H groups in total. The van der Waals surface area contributed by atoms with Gasteiger partial charge in [0.2, 0.25) is 0 Å². The first-order chi connectivity index (χ1) is 10.0. The van der Waals surface area contributed by atoms with E-state index in [1.54, 1.807) is 12.1 Å². The van der Waals surface area contributed by atoms with Crippen LogP contribution in [0.5, 0.6) is 0 Å². The van der Waals surface area contributed by atoms with Gasteiger partial charge in [0, 0.05) is 6.04 Å². The van der Waals surface area contributed by atoms with Crippen LogP contribution in [0.15, 0.2) is 36.4 Å². The maximum absolute atomic E-state index is 13.3. The molecule has 0 aliphatic rings. The van der Waals surface area contributed by atoms with E-state index in [1.165, 1.54) is 22.3 Å². The molecule has 0 fully saturated rings. The van der Waals surface area contributed by atoms with Gasteiger partial charge in [-0.1, -0.05) is 31.2 Å². The molecule has 2 aromatic carbocycles. The second-order valence-corrected chi connectivity index (χ2v) is 5.69. The normalized spacial score (nSPS) is 12.4. The molecule has 2 aromatic rings. The van der Waals surface area contributed by atoms with Crippen LogP contribution in [0.3, 0.4) is 0 Å². The average molecular weight is 285 g/mol. The predicted molar refractivity (Wildman–Crippen MR) is 87.2 cm³/mol. The molecule has 0 bridgehead atoms. The van der Waals surface area contributed by atoms with Crippen LogP contribution in [0.4, 0.5) is 4.39 Å². The van der Waals surface area contributed by atoms with Crippen LogP contribution in [0.2, 0.25) is 0 Å². The number of likely N-dealkylation sites (N-methyl/N-ethyl adjacent to an activating group) is 1. The van der Waals surface area contributed by atoms with Gasteiger partial charge in [-0.25, -0.2) is 4.39 Å². The Morgan fingerprint density at radius 3 is 2.24 bits per heavy atom. The van der Waals surface area contributed by atoms with E-state index < -0.39 is 0 Å². The molecule has 1 atom stereocenters. The van der Waals surface area contributed by atoms with E-state index in [1.807, 2.05) is 13.0 Å². The summed E-state index contributed by atoms with van der Waals surface area (Å²) in [4.78, 5) is 0. The number of rotatable bonds is 5. The van der Waals surface area contributed by atoms with E-state index >= 15 is 0 Å². The SMILES string of the molecule is CCNC(Cc1ccc(F)cc1C)c1c(C)cccc1C. The van der Waals surface area contributed by atoms with E-state index in [9.17, 15) is 4.39 Å². The molecule has 0 heterocycles. The van der Waals surface area contributed by atoms with Crippen LogP contribution in [0.25, 0.3) is 0 Å². The van der Waals surface area contributed by atoms with Crippen molar-refractivity contribution < 1.29 is 4.39 Å². The van der Waals surface area contributed by atoms with Crippen LogP contribution < -0.4 is 5.32 Å². The molecule has 0 radical (unpaired) electrons. The molecule has 0 aromatic heterocycles. The molecular weight excluding hydrogens is 261 g/mol. The van der Waals surface area contributed by atoms with Gasteiger partial charge in [-0.3, -0.25) is 0 Å². The topological polar surface area (TPSA) is 12.0 Å². The monoisotopic (exact) mass is 285 g/mol. The predicted octanol–water partition coefficient (Wildman–Crippen LogP) is 4.64. The van der Waals surface area contributed by atoms with Crippen molar-refractivity contribution in [3.05, 3.63) is 70.0 Å². The molecule has 0 aliphatic carbocycles. The quantitative estimate of drug-likeness (QED) is 0.843. The fraction of sp³-hybridized carbons (Fsp3) is 0.368. The summed E-state index contributed by atoms with van der Waals surface area (Å²) in [5.41, 5.74) is 6.19. The van der Waals surface area contributed by atoms with Crippen molar-refractivity contribution in [1.29, 1.82) is 0 Å². The zero-order valence-electron chi connectivity index (χ0n) is 13.3. The third-order valence-electron chi connectivity index (χ3n) is 4.07. The zero-order valence-corrected chi connectivity index (χ0v) is 13.3. The Morgan fingerprint density at radius 1 is 1.00 bits per heavy atom. The first-order valence-corrected chi connectivity index (χ1v) is 7.57. The van der Waals surface area contributed by atoms with Gasteiger partial charge in [-0.15, -0.1) is 0 Å². The van der Waals surface area contributed by atoms with Crippen molar-refractivity contribution in [2.24, 2.45) is 0 Å². The lowest BCUT2D eigenvalue weighted by molar-refractivity contribution is 0.542. The summed E-state index contributed by atoms with van der Waals surface area (Å²) in [5.74, 6) is -0.164. The number of aryl methyl sites for hydroxylation is 3. The number of halogens is 1. The Morgan fingerprint density at radius 2 is 1.67 bits per heavy atom.